The average molecular weight is 347 g/mol. The van der Waals surface area contributed by atoms with Gasteiger partial charge in [0.15, 0.2) is 0 Å². The molecule has 0 unspecified atom stereocenters. The largest absolute Gasteiger partial charge is 0.462 e. The molecule has 1 aromatic carbocycles. The Labute approximate surface area is 143 Å². The number of aromatic nitrogens is 1. The number of benzene rings is 1. The fourth-order valence-corrected chi connectivity index (χ4v) is 2.34. The molecule has 0 saturated carbocycles. The van der Waals surface area contributed by atoms with Crippen molar-refractivity contribution >= 4 is 17.8 Å². The van der Waals surface area contributed by atoms with E-state index in [2.05, 4.69) is 15.8 Å². The molecule has 0 aliphatic heterocycles. The standard InChI is InChI=1S/C17H18FN3O4/c1-4-25-17(24)13-9(2)14(19-10(13)3)16(23)21-20-15(22)11-5-7-12(18)8-6-11/h5-8,19H,4H2,1-3H3,(H,20,22)(H,21,23). The van der Waals surface area contributed by atoms with Crippen molar-refractivity contribution in [3.05, 3.63) is 58.2 Å². The Morgan fingerprint density at radius 3 is 2.28 bits per heavy atom. The molecule has 0 spiro atoms. The number of halogens is 1. The number of esters is 1. The van der Waals surface area contributed by atoms with Gasteiger partial charge in [0, 0.05) is 11.3 Å². The first-order valence-electron chi connectivity index (χ1n) is 7.57. The second kappa shape index (κ2) is 7.61. The molecule has 0 bridgehead atoms. The Morgan fingerprint density at radius 1 is 1.08 bits per heavy atom. The molecule has 7 nitrogen and oxygen atoms in total. The van der Waals surface area contributed by atoms with Gasteiger partial charge in [-0.2, -0.15) is 0 Å². The van der Waals surface area contributed by atoms with Crippen LogP contribution in [0.25, 0.3) is 0 Å². The maximum atomic E-state index is 12.8. The maximum absolute atomic E-state index is 12.8. The van der Waals surface area contributed by atoms with Gasteiger partial charge in [-0.05, 0) is 50.6 Å². The zero-order valence-corrected chi connectivity index (χ0v) is 14.0. The summed E-state index contributed by atoms with van der Waals surface area (Å²) >= 11 is 0. The summed E-state index contributed by atoms with van der Waals surface area (Å²) in [5.41, 5.74) is 6.01. The molecule has 0 radical (unpaired) electrons. The second-order valence-electron chi connectivity index (χ2n) is 5.26. The van der Waals surface area contributed by atoms with Gasteiger partial charge in [0.25, 0.3) is 11.8 Å². The lowest BCUT2D eigenvalue weighted by atomic mass is 10.1. The van der Waals surface area contributed by atoms with E-state index in [1.54, 1.807) is 20.8 Å². The van der Waals surface area contributed by atoms with E-state index in [0.29, 0.717) is 11.3 Å². The van der Waals surface area contributed by atoms with Crippen LogP contribution in [-0.2, 0) is 4.74 Å². The van der Waals surface area contributed by atoms with Gasteiger partial charge in [-0.15, -0.1) is 0 Å². The van der Waals surface area contributed by atoms with E-state index >= 15 is 0 Å². The highest BCUT2D eigenvalue weighted by Gasteiger charge is 2.23. The highest BCUT2D eigenvalue weighted by molar-refractivity contribution is 6.02. The minimum absolute atomic E-state index is 0.139. The first-order valence-corrected chi connectivity index (χ1v) is 7.57. The number of hydrogen-bond acceptors (Lipinski definition) is 4. The molecule has 8 heteroatoms. The number of nitrogens with one attached hydrogen (secondary N) is 3. The second-order valence-corrected chi connectivity index (χ2v) is 5.26. The lowest BCUT2D eigenvalue weighted by Crippen LogP contribution is -2.42. The number of hydrazine groups is 1. The summed E-state index contributed by atoms with van der Waals surface area (Å²) in [5, 5.41) is 0. The Hall–Kier alpha value is -3.16. The number of aromatic amines is 1. The van der Waals surface area contributed by atoms with Crippen LogP contribution in [0.15, 0.2) is 24.3 Å². The highest BCUT2D eigenvalue weighted by atomic mass is 19.1. The molecule has 3 N–H and O–H groups in total. The van der Waals surface area contributed by atoms with Crippen LogP contribution in [0, 0.1) is 19.7 Å². The van der Waals surface area contributed by atoms with Gasteiger partial charge in [0.1, 0.15) is 11.5 Å². The monoisotopic (exact) mass is 347 g/mol. The molecule has 2 amide bonds. The topological polar surface area (TPSA) is 100 Å². The van der Waals surface area contributed by atoms with E-state index in [4.69, 9.17) is 4.74 Å². The van der Waals surface area contributed by atoms with Gasteiger partial charge in [0.05, 0.1) is 12.2 Å². The van der Waals surface area contributed by atoms with E-state index in [9.17, 15) is 18.8 Å². The summed E-state index contributed by atoms with van der Waals surface area (Å²) in [6.07, 6.45) is 0. The number of ether oxygens (including phenoxy) is 1. The van der Waals surface area contributed by atoms with E-state index < -0.39 is 23.6 Å². The maximum Gasteiger partial charge on any atom is 0.340 e. The van der Waals surface area contributed by atoms with Crippen LogP contribution >= 0.6 is 0 Å². The number of H-pyrrole nitrogens is 1. The number of carbonyl (C=O) groups is 3. The number of hydrogen-bond donors (Lipinski definition) is 3. The molecule has 0 aliphatic rings. The van der Waals surface area contributed by atoms with E-state index in [0.717, 1.165) is 12.1 Å². The number of amides is 2. The Balaban J connectivity index is 2.08. The predicted octanol–water partition coefficient (Wildman–Crippen LogP) is 2.02. The van der Waals surface area contributed by atoms with Crippen LogP contribution in [0.4, 0.5) is 4.39 Å². The summed E-state index contributed by atoms with van der Waals surface area (Å²) in [6.45, 7) is 5.16. The van der Waals surface area contributed by atoms with Crippen molar-refractivity contribution in [1.82, 2.24) is 15.8 Å². The smallest absolute Gasteiger partial charge is 0.340 e. The molecular weight excluding hydrogens is 329 g/mol. The number of aryl methyl sites for hydroxylation is 1. The third-order valence-electron chi connectivity index (χ3n) is 3.54. The van der Waals surface area contributed by atoms with Crippen LogP contribution in [-0.4, -0.2) is 29.4 Å². The molecule has 0 atom stereocenters. The first kappa shape index (κ1) is 18.2. The molecule has 2 rings (SSSR count). The molecule has 25 heavy (non-hydrogen) atoms. The van der Waals surface area contributed by atoms with Gasteiger partial charge in [-0.1, -0.05) is 0 Å². The molecule has 1 aromatic heterocycles. The molecule has 0 aliphatic carbocycles. The molecule has 1 heterocycles. The summed E-state index contributed by atoms with van der Waals surface area (Å²) in [4.78, 5) is 38.9. The Bertz CT molecular complexity index is 812. The van der Waals surface area contributed by atoms with E-state index in [1.165, 1.54) is 12.1 Å². The van der Waals surface area contributed by atoms with Crippen molar-refractivity contribution in [3.63, 3.8) is 0 Å². The lowest BCUT2D eigenvalue weighted by molar-refractivity contribution is 0.0524. The fourth-order valence-electron chi connectivity index (χ4n) is 2.34. The molecule has 0 saturated heterocycles. The predicted molar refractivity (Wildman–Crippen MR) is 87.6 cm³/mol. The minimum Gasteiger partial charge on any atom is -0.462 e. The van der Waals surface area contributed by atoms with Gasteiger partial charge in [-0.3, -0.25) is 20.4 Å². The molecular formula is C17H18FN3O4. The molecule has 2 aromatic rings. The van der Waals surface area contributed by atoms with Gasteiger partial charge in [0.2, 0.25) is 0 Å². The Morgan fingerprint density at radius 2 is 1.68 bits per heavy atom. The minimum atomic E-state index is -0.619. The lowest BCUT2D eigenvalue weighted by Gasteiger charge is -2.07. The zero-order chi connectivity index (χ0) is 18.6. The average Bonchev–Trinajstić information content (AvgIpc) is 2.88. The van der Waals surface area contributed by atoms with Crippen LogP contribution in [0.3, 0.4) is 0 Å². The number of rotatable bonds is 4. The van der Waals surface area contributed by atoms with Crippen molar-refractivity contribution in [2.75, 3.05) is 6.61 Å². The van der Waals surface area contributed by atoms with E-state index in [-0.39, 0.29) is 23.4 Å². The zero-order valence-electron chi connectivity index (χ0n) is 14.0. The highest BCUT2D eigenvalue weighted by Crippen LogP contribution is 2.18. The quantitative estimate of drug-likeness (QED) is 0.582. The van der Waals surface area contributed by atoms with Crippen molar-refractivity contribution < 1.29 is 23.5 Å². The van der Waals surface area contributed by atoms with Crippen LogP contribution < -0.4 is 10.9 Å². The van der Waals surface area contributed by atoms with Gasteiger partial charge < -0.3 is 9.72 Å². The van der Waals surface area contributed by atoms with Crippen LogP contribution in [0.5, 0.6) is 0 Å². The summed E-state index contributed by atoms with van der Waals surface area (Å²) in [6, 6.07) is 4.86. The van der Waals surface area contributed by atoms with Crippen molar-refractivity contribution in [2.24, 2.45) is 0 Å². The first-order chi connectivity index (χ1) is 11.8. The fraction of sp³-hybridized carbons (Fsp3) is 0.235. The van der Waals surface area contributed by atoms with Crippen molar-refractivity contribution in [3.8, 4) is 0 Å². The molecule has 0 fully saturated rings. The summed E-state index contributed by atoms with van der Waals surface area (Å²) in [7, 11) is 0. The normalized spacial score (nSPS) is 10.2. The van der Waals surface area contributed by atoms with Gasteiger partial charge >= 0.3 is 5.97 Å². The van der Waals surface area contributed by atoms with Crippen LogP contribution in [0.2, 0.25) is 0 Å². The molecule has 132 valence electrons. The SMILES string of the molecule is CCOC(=O)c1c(C)[nH]c(C(=O)NNC(=O)c2ccc(F)cc2)c1C. The third kappa shape index (κ3) is 4.03. The van der Waals surface area contributed by atoms with Crippen molar-refractivity contribution in [2.45, 2.75) is 20.8 Å². The Kier molecular flexibility index (Phi) is 5.53. The summed E-state index contributed by atoms with van der Waals surface area (Å²) < 4.78 is 17.8. The number of carbonyl (C=O) groups excluding carboxylic acids is 3. The summed E-state index contributed by atoms with van der Waals surface area (Å²) in [5.74, 6) is -2.21. The van der Waals surface area contributed by atoms with Gasteiger partial charge in [-0.25, -0.2) is 9.18 Å². The van der Waals surface area contributed by atoms with Crippen molar-refractivity contribution in [1.29, 1.82) is 0 Å². The van der Waals surface area contributed by atoms with Crippen LogP contribution in [0.1, 0.15) is 49.4 Å². The van der Waals surface area contributed by atoms with E-state index in [1.807, 2.05) is 0 Å². The third-order valence-corrected chi connectivity index (χ3v) is 3.54.